The molecule has 1 aromatic carbocycles. The molecule has 0 aliphatic carbocycles. The van der Waals surface area contributed by atoms with Crippen LogP contribution >= 0.6 is 0 Å². The number of benzene rings is 1. The lowest BCUT2D eigenvalue weighted by Gasteiger charge is -2.04. The quantitative estimate of drug-likeness (QED) is 0.703. The number of halogens is 1. The molecule has 4 nitrogen and oxygen atoms in total. The first kappa shape index (κ1) is 10.2. The standard InChI is InChI=1S/C9H6FO4/c10-7-3-5(1-2-8(7)12)6(4-11)9(13)14/h1-3,6,12H,(H,13,14). The summed E-state index contributed by atoms with van der Waals surface area (Å²) in [5, 5.41) is 17.4. The minimum absolute atomic E-state index is 0.0530. The van der Waals surface area contributed by atoms with Crippen LogP contribution in [0.5, 0.6) is 5.75 Å². The van der Waals surface area contributed by atoms with Crippen molar-refractivity contribution in [1.82, 2.24) is 0 Å². The maximum absolute atomic E-state index is 12.8. The van der Waals surface area contributed by atoms with Gasteiger partial charge < -0.3 is 10.2 Å². The summed E-state index contributed by atoms with van der Waals surface area (Å²) in [6.45, 7) is 0. The van der Waals surface area contributed by atoms with Gasteiger partial charge in [-0.1, -0.05) is 6.07 Å². The fraction of sp³-hybridized carbons (Fsp3) is 0.111. The Morgan fingerprint density at radius 2 is 2.14 bits per heavy atom. The molecule has 2 N–H and O–H groups in total. The van der Waals surface area contributed by atoms with Gasteiger partial charge in [0.15, 0.2) is 11.6 Å². The van der Waals surface area contributed by atoms with Crippen molar-refractivity contribution in [3.05, 3.63) is 29.6 Å². The summed E-state index contributed by atoms with van der Waals surface area (Å²) in [5.41, 5.74) is -0.0530. The molecule has 0 aliphatic rings. The third-order valence-corrected chi connectivity index (χ3v) is 1.67. The molecule has 5 heteroatoms. The molecule has 0 heterocycles. The number of carboxylic acid groups (broad SMARTS) is 1. The Balaban J connectivity index is 3.12. The van der Waals surface area contributed by atoms with Crippen molar-refractivity contribution in [2.45, 2.75) is 5.92 Å². The van der Waals surface area contributed by atoms with E-state index in [2.05, 4.69) is 0 Å². The zero-order chi connectivity index (χ0) is 10.7. The number of carboxylic acids is 1. The molecule has 0 aromatic heterocycles. The van der Waals surface area contributed by atoms with Gasteiger partial charge in [0.05, 0.1) is 0 Å². The van der Waals surface area contributed by atoms with E-state index in [-0.39, 0.29) is 5.56 Å². The van der Waals surface area contributed by atoms with Crippen LogP contribution in [0.1, 0.15) is 11.5 Å². The first-order chi connectivity index (χ1) is 6.56. The monoisotopic (exact) mass is 197 g/mol. The van der Waals surface area contributed by atoms with Gasteiger partial charge in [0.1, 0.15) is 5.92 Å². The minimum atomic E-state index is -1.52. The Morgan fingerprint density at radius 3 is 2.57 bits per heavy atom. The fourth-order valence-electron chi connectivity index (χ4n) is 0.964. The van der Waals surface area contributed by atoms with Crippen LogP contribution in [0.3, 0.4) is 0 Å². The van der Waals surface area contributed by atoms with Crippen molar-refractivity contribution in [3.8, 4) is 5.75 Å². The lowest BCUT2D eigenvalue weighted by molar-refractivity contribution is -0.137. The first-order valence-electron chi connectivity index (χ1n) is 3.65. The molecule has 0 bridgehead atoms. The summed E-state index contributed by atoms with van der Waals surface area (Å²) < 4.78 is 12.8. The number of aromatic hydroxyl groups is 1. The number of rotatable bonds is 3. The van der Waals surface area contributed by atoms with Crippen molar-refractivity contribution in [2.24, 2.45) is 0 Å². The van der Waals surface area contributed by atoms with E-state index < -0.39 is 23.5 Å². The third kappa shape index (κ3) is 1.87. The van der Waals surface area contributed by atoms with Crippen LogP contribution in [-0.4, -0.2) is 22.5 Å². The lowest BCUT2D eigenvalue weighted by atomic mass is 10.0. The molecule has 1 aromatic rings. The molecular formula is C9H6FO4. The van der Waals surface area contributed by atoms with Gasteiger partial charge >= 0.3 is 5.97 Å². The van der Waals surface area contributed by atoms with Crippen LogP contribution in [0, 0.1) is 5.82 Å². The molecule has 0 amide bonds. The Kier molecular flexibility index (Phi) is 2.81. The van der Waals surface area contributed by atoms with Gasteiger partial charge in [-0.3, -0.25) is 9.59 Å². The number of carbonyl (C=O) groups excluding carboxylic acids is 1. The summed E-state index contributed by atoms with van der Waals surface area (Å²) in [6, 6.07) is 2.93. The maximum Gasteiger partial charge on any atom is 0.319 e. The average molecular weight is 197 g/mol. The largest absolute Gasteiger partial charge is 0.505 e. The second kappa shape index (κ2) is 3.87. The smallest absolute Gasteiger partial charge is 0.319 e. The lowest BCUT2D eigenvalue weighted by Crippen LogP contribution is -2.12. The van der Waals surface area contributed by atoms with E-state index in [0.29, 0.717) is 0 Å². The zero-order valence-corrected chi connectivity index (χ0v) is 6.90. The van der Waals surface area contributed by atoms with Crippen molar-refractivity contribution in [1.29, 1.82) is 0 Å². The van der Waals surface area contributed by atoms with Gasteiger partial charge in [0, 0.05) is 0 Å². The van der Waals surface area contributed by atoms with E-state index >= 15 is 0 Å². The molecule has 14 heavy (non-hydrogen) atoms. The van der Waals surface area contributed by atoms with E-state index in [1.165, 1.54) is 6.29 Å². The highest BCUT2D eigenvalue weighted by molar-refractivity contribution is 5.93. The molecule has 1 rings (SSSR count). The van der Waals surface area contributed by atoms with E-state index in [1.54, 1.807) is 0 Å². The number of carbonyl (C=O) groups is 1. The molecular weight excluding hydrogens is 191 g/mol. The molecule has 1 unspecified atom stereocenters. The second-order valence-corrected chi connectivity index (χ2v) is 2.60. The molecule has 0 spiro atoms. The van der Waals surface area contributed by atoms with E-state index in [9.17, 15) is 14.0 Å². The Morgan fingerprint density at radius 1 is 1.50 bits per heavy atom. The number of phenols is 1. The number of phenolic OH excluding ortho intramolecular Hbond substituents is 1. The van der Waals surface area contributed by atoms with Crippen LogP contribution in [0.4, 0.5) is 4.39 Å². The van der Waals surface area contributed by atoms with Crippen LogP contribution in [0.25, 0.3) is 0 Å². The Labute approximate surface area is 78.6 Å². The number of hydrogen-bond donors (Lipinski definition) is 2. The van der Waals surface area contributed by atoms with Gasteiger partial charge in [-0.15, -0.1) is 0 Å². The highest BCUT2D eigenvalue weighted by Crippen LogP contribution is 2.21. The van der Waals surface area contributed by atoms with Crippen LogP contribution < -0.4 is 0 Å². The number of aliphatic carboxylic acids is 1. The highest BCUT2D eigenvalue weighted by Gasteiger charge is 2.20. The number of hydrogen-bond acceptors (Lipinski definition) is 3. The molecule has 0 saturated carbocycles. The summed E-state index contributed by atoms with van der Waals surface area (Å²) in [5.74, 6) is -4.50. The molecule has 1 atom stereocenters. The van der Waals surface area contributed by atoms with Crippen molar-refractivity contribution in [2.75, 3.05) is 0 Å². The summed E-state index contributed by atoms with van der Waals surface area (Å²) >= 11 is 0. The molecule has 0 saturated heterocycles. The molecule has 73 valence electrons. The van der Waals surface area contributed by atoms with E-state index in [4.69, 9.17) is 10.2 Å². The summed E-state index contributed by atoms with van der Waals surface area (Å²) in [6.07, 6.45) is 1.27. The average Bonchev–Trinajstić information content (AvgIpc) is 2.11. The van der Waals surface area contributed by atoms with Gasteiger partial charge in [0.2, 0.25) is 6.29 Å². The van der Waals surface area contributed by atoms with Crippen molar-refractivity contribution >= 4 is 12.3 Å². The van der Waals surface area contributed by atoms with Crippen LogP contribution in [-0.2, 0) is 9.59 Å². The first-order valence-corrected chi connectivity index (χ1v) is 3.65. The maximum atomic E-state index is 12.8. The van der Waals surface area contributed by atoms with Crippen molar-refractivity contribution in [3.63, 3.8) is 0 Å². The van der Waals surface area contributed by atoms with E-state index in [1.807, 2.05) is 0 Å². The topological polar surface area (TPSA) is 74.6 Å². The van der Waals surface area contributed by atoms with Gasteiger partial charge in [-0.05, 0) is 17.7 Å². The SMILES string of the molecule is O=[C]C(C(=O)O)c1ccc(O)c(F)c1. The second-order valence-electron chi connectivity index (χ2n) is 2.60. The van der Waals surface area contributed by atoms with Crippen molar-refractivity contribution < 1.29 is 24.2 Å². The predicted octanol–water partition coefficient (Wildman–Crippen LogP) is 0.809. The highest BCUT2D eigenvalue weighted by atomic mass is 19.1. The molecule has 0 fully saturated rings. The van der Waals surface area contributed by atoms with E-state index in [0.717, 1.165) is 18.2 Å². The van der Waals surface area contributed by atoms with Crippen LogP contribution in [0.15, 0.2) is 18.2 Å². The Bertz CT molecular complexity index is 375. The van der Waals surface area contributed by atoms with Crippen LogP contribution in [0.2, 0.25) is 0 Å². The van der Waals surface area contributed by atoms with Gasteiger partial charge in [-0.2, -0.15) is 0 Å². The fourth-order valence-corrected chi connectivity index (χ4v) is 0.964. The normalized spacial score (nSPS) is 12.1. The minimum Gasteiger partial charge on any atom is -0.505 e. The predicted molar refractivity (Wildman–Crippen MR) is 44.1 cm³/mol. The third-order valence-electron chi connectivity index (χ3n) is 1.67. The van der Waals surface area contributed by atoms with Gasteiger partial charge in [0.25, 0.3) is 0 Å². The molecule has 0 aliphatic heterocycles. The zero-order valence-electron chi connectivity index (χ0n) is 6.90. The summed E-state index contributed by atoms with van der Waals surface area (Å²) in [7, 11) is 0. The van der Waals surface area contributed by atoms with Gasteiger partial charge in [-0.25, -0.2) is 4.39 Å². The molecule has 1 radical (unpaired) electrons. The Hall–Kier alpha value is -1.91. The summed E-state index contributed by atoms with van der Waals surface area (Å²) in [4.78, 5) is 20.7.